The average molecular weight is 369 g/mol. The Morgan fingerprint density at radius 2 is 2.00 bits per heavy atom. The van der Waals surface area contributed by atoms with E-state index in [1.54, 1.807) is 18.2 Å². The summed E-state index contributed by atoms with van der Waals surface area (Å²) in [5.74, 6) is 1.49. The number of aromatic nitrogens is 2. The van der Waals surface area contributed by atoms with Crippen molar-refractivity contribution in [1.82, 2.24) is 14.9 Å². The molecule has 2 atom stereocenters. The Morgan fingerprint density at radius 3 is 2.77 bits per heavy atom. The minimum absolute atomic E-state index is 0.151. The van der Waals surface area contributed by atoms with E-state index in [1.165, 1.54) is 5.56 Å². The monoisotopic (exact) mass is 368 g/mol. The molecule has 0 radical (unpaired) electrons. The number of halogens is 1. The fourth-order valence-corrected chi connectivity index (χ4v) is 4.02. The summed E-state index contributed by atoms with van der Waals surface area (Å²) in [6, 6.07) is 15.7. The highest BCUT2D eigenvalue weighted by Gasteiger charge is 2.33. The third kappa shape index (κ3) is 3.38. The van der Waals surface area contributed by atoms with Crippen LogP contribution in [0.4, 0.5) is 0 Å². The predicted octanol–water partition coefficient (Wildman–Crippen LogP) is 2.75. The van der Waals surface area contributed by atoms with Crippen LogP contribution in [0.3, 0.4) is 0 Å². The van der Waals surface area contributed by atoms with Crippen LogP contribution in [0.15, 0.2) is 53.3 Å². The molecule has 0 bridgehead atoms. The first-order valence-corrected chi connectivity index (χ1v) is 9.17. The number of benzene rings is 2. The summed E-state index contributed by atoms with van der Waals surface area (Å²) in [6.45, 7) is 3.07. The third-order valence-corrected chi connectivity index (χ3v) is 5.37. The lowest BCUT2D eigenvalue weighted by Gasteiger charge is -2.16. The first-order chi connectivity index (χ1) is 12.6. The first-order valence-electron chi connectivity index (χ1n) is 8.80. The van der Waals surface area contributed by atoms with Gasteiger partial charge in [-0.15, -0.1) is 0 Å². The number of aromatic amines is 1. The van der Waals surface area contributed by atoms with Crippen LogP contribution < -0.4 is 11.3 Å². The predicted molar refractivity (Wildman–Crippen MR) is 104 cm³/mol. The SMILES string of the molecule is NC[C@@H]1CN(Cc2nc3ccc(Cl)cc3c(=O)[nH]2)C[C@H]1c1ccccc1. The second-order valence-corrected chi connectivity index (χ2v) is 7.32. The molecule has 0 amide bonds. The molecule has 0 saturated carbocycles. The molecular weight excluding hydrogens is 348 g/mol. The lowest BCUT2D eigenvalue weighted by Crippen LogP contribution is -2.25. The number of H-pyrrole nitrogens is 1. The lowest BCUT2D eigenvalue weighted by molar-refractivity contribution is 0.309. The van der Waals surface area contributed by atoms with Crippen LogP contribution in [0, 0.1) is 5.92 Å². The Balaban J connectivity index is 1.57. The van der Waals surface area contributed by atoms with Crippen LogP contribution in [0.25, 0.3) is 10.9 Å². The Labute approximate surface area is 156 Å². The minimum atomic E-state index is -0.151. The fourth-order valence-electron chi connectivity index (χ4n) is 3.85. The van der Waals surface area contributed by atoms with Crippen molar-refractivity contribution in [1.29, 1.82) is 0 Å². The van der Waals surface area contributed by atoms with Crippen molar-refractivity contribution in [2.24, 2.45) is 11.7 Å². The second kappa shape index (κ2) is 7.19. The molecule has 4 rings (SSSR count). The maximum Gasteiger partial charge on any atom is 0.258 e. The van der Waals surface area contributed by atoms with Crippen molar-refractivity contribution in [2.45, 2.75) is 12.5 Å². The van der Waals surface area contributed by atoms with E-state index in [9.17, 15) is 4.79 Å². The molecule has 5 nitrogen and oxygen atoms in total. The van der Waals surface area contributed by atoms with Gasteiger partial charge in [0, 0.05) is 24.0 Å². The molecule has 0 spiro atoms. The molecule has 6 heteroatoms. The Morgan fingerprint density at radius 1 is 1.19 bits per heavy atom. The highest BCUT2D eigenvalue weighted by molar-refractivity contribution is 6.31. The van der Waals surface area contributed by atoms with Gasteiger partial charge in [0.1, 0.15) is 5.82 Å². The van der Waals surface area contributed by atoms with E-state index in [0.29, 0.717) is 46.7 Å². The Hall–Kier alpha value is -2.21. The van der Waals surface area contributed by atoms with E-state index in [4.69, 9.17) is 17.3 Å². The van der Waals surface area contributed by atoms with Gasteiger partial charge < -0.3 is 10.7 Å². The number of hydrogen-bond donors (Lipinski definition) is 2. The third-order valence-electron chi connectivity index (χ3n) is 5.14. The van der Waals surface area contributed by atoms with Gasteiger partial charge in [0.25, 0.3) is 5.56 Å². The zero-order valence-corrected chi connectivity index (χ0v) is 15.1. The number of rotatable bonds is 4. The minimum Gasteiger partial charge on any atom is -0.330 e. The van der Waals surface area contributed by atoms with Gasteiger partial charge in [-0.2, -0.15) is 0 Å². The number of fused-ring (bicyclic) bond motifs is 1. The van der Waals surface area contributed by atoms with Crippen LogP contribution in [-0.4, -0.2) is 34.5 Å². The zero-order valence-electron chi connectivity index (χ0n) is 14.4. The first kappa shape index (κ1) is 17.2. The largest absolute Gasteiger partial charge is 0.330 e. The highest BCUT2D eigenvalue weighted by Crippen LogP contribution is 2.32. The normalized spacial score (nSPS) is 20.7. The molecule has 1 aliphatic rings. The molecule has 0 unspecified atom stereocenters. The molecule has 1 saturated heterocycles. The number of nitrogens with zero attached hydrogens (tertiary/aromatic N) is 2. The molecule has 1 aromatic heterocycles. The molecule has 2 heterocycles. The summed E-state index contributed by atoms with van der Waals surface area (Å²) in [4.78, 5) is 22.1. The quantitative estimate of drug-likeness (QED) is 0.742. The van der Waals surface area contributed by atoms with Gasteiger partial charge in [-0.25, -0.2) is 4.98 Å². The molecule has 3 aromatic rings. The topological polar surface area (TPSA) is 75.0 Å². The summed E-state index contributed by atoms with van der Waals surface area (Å²) in [5, 5.41) is 1.05. The summed E-state index contributed by atoms with van der Waals surface area (Å²) in [7, 11) is 0. The number of nitrogens with one attached hydrogen (secondary N) is 1. The summed E-state index contributed by atoms with van der Waals surface area (Å²) < 4.78 is 0. The van der Waals surface area contributed by atoms with Crippen LogP contribution >= 0.6 is 11.6 Å². The van der Waals surface area contributed by atoms with Crippen molar-refractivity contribution in [3.63, 3.8) is 0 Å². The Bertz CT molecular complexity index is 972. The number of hydrogen-bond acceptors (Lipinski definition) is 4. The van der Waals surface area contributed by atoms with Crippen LogP contribution in [0.2, 0.25) is 5.02 Å². The smallest absolute Gasteiger partial charge is 0.258 e. The van der Waals surface area contributed by atoms with Crippen molar-refractivity contribution in [2.75, 3.05) is 19.6 Å². The van der Waals surface area contributed by atoms with Crippen molar-refractivity contribution < 1.29 is 0 Å². The summed E-state index contributed by atoms with van der Waals surface area (Å²) >= 11 is 5.97. The van der Waals surface area contributed by atoms with Gasteiger partial charge in [-0.1, -0.05) is 41.9 Å². The van der Waals surface area contributed by atoms with E-state index < -0.39 is 0 Å². The van der Waals surface area contributed by atoms with Gasteiger partial charge in [0.15, 0.2) is 0 Å². The van der Waals surface area contributed by atoms with Crippen molar-refractivity contribution in [3.05, 3.63) is 75.3 Å². The highest BCUT2D eigenvalue weighted by atomic mass is 35.5. The van der Waals surface area contributed by atoms with Crippen LogP contribution in [-0.2, 0) is 6.54 Å². The molecule has 1 fully saturated rings. The molecule has 1 aliphatic heterocycles. The van der Waals surface area contributed by atoms with E-state index in [0.717, 1.165) is 13.1 Å². The molecule has 0 aliphatic carbocycles. The van der Waals surface area contributed by atoms with Gasteiger partial charge >= 0.3 is 0 Å². The van der Waals surface area contributed by atoms with E-state index >= 15 is 0 Å². The van der Waals surface area contributed by atoms with Crippen LogP contribution in [0.5, 0.6) is 0 Å². The summed E-state index contributed by atoms with van der Waals surface area (Å²) in [5.41, 5.74) is 7.85. The fraction of sp³-hybridized carbons (Fsp3) is 0.300. The zero-order chi connectivity index (χ0) is 18.1. The van der Waals surface area contributed by atoms with Crippen molar-refractivity contribution in [3.8, 4) is 0 Å². The van der Waals surface area contributed by atoms with Gasteiger partial charge in [0.05, 0.1) is 17.4 Å². The second-order valence-electron chi connectivity index (χ2n) is 6.88. The molecule has 2 aromatic carbocycles. The van der Waals surface area contributed by atoms with Gasteiger partial charge in [-0.05, 0) is 36.2 Å². The van der Waals surface area contributed by atoms with E-state index in [-0.39, 0.29) is 5.56 Å². The average Bonchev–Trinajstić information content (AvgIpc) is 3.06. The standard InChI is InChI=1S/C20H21ClN4O/c21-15-6-7-18-16(8-15)20(26)24-19(23-18)12-25-10-14(9-22)17(11-25)13-4-2-1-3-5-13/h1-8,14,17H,9-12,22H2,(H,23,24,26)/t14-,17+/m1/s1. The molecule has 134 valence electrons. The molecular formula is C20H21ClN4O. The molecule has 26 heavy (non-hydrogen) atoms. The summed E-state index contributed by atoms with van der Waals surface area (Å²) in [6.07, 6.45) is 0. The Kier molecular flexibility index (Phi) is 4.76. The van der Waals surface area contributed by atoms with Gasteiger partial charge in [-0.3, -0.25) is 9.69 Å². The van der Waals surface area contributed by atoms with E-state index in [2.05, 4.69) is 39.1 Å². The van der Waals surface area contributed by atoms with Crippen molar-refractivity contribution >= 4 is 22.5 Å². The number of likely N-dealkylation sites (tertiary alicyclic amines) is 1. The van der Waals surface area contributed by atoms with Crippen LogP contribution in [0.1, 0.15) is 17.3 Å². The maximum absolute atomic E-state index is 12.3. The maximum atomic E-state index is 12.3. The van der Waals surface area contributed by atoms with Gasteiger partial charge in [0.2, 0.25) is 0 Å². The molecule has 3 N–H and O–H groups in total. The van der Waals surface area contributed by atoms with E-state index in [1.807, 2.05) is 6.07 Å². The lowest BCUT2D eigenvalue weighted by atomic mass is 9.89. The number of nitrogens with two attached hydrogens (primary N) is 1.